The zero-order valence-electron chi connectivity index (χ0n) is 10.2. The SMILES string of the molecule is CC1CCC(SC2CCC(=C=O)CC2)CC1. The summed E-state index contributed by atoms with van der Waals surface area (Å²) < 4.78 is 0. The Balaban J connectivity index is 1.72. The molecule has 0 atom stereocenters. The molecule has 0 bridgehead atoms. The van der Waals surface area contributed by atoms with Crippen LogP contribution in [0.3, 0.4) is 0 Å². The number of rotatable bonds is 2. The van der Waals surface area contributed by atoms with Gasteiger partial charge in [0, 0.05) is 16.1 Å². The van der Waals surface area contributed by atoms with E-state index in [9.17, 15) is 4.79 Å². The Bertz CT molecular complexity index is 262. The van der Waals surface area contributed by atoms with Crippen molar-refractivity contribution in [2.24, 2.45) is 5.92 Å². The second kappa shape index (κ2) is 5.93. The molecule has 0 heterocycles. The van der Waals surface area contributed by atoms with Crippen LogP contribution in [0.4, 0.5) is 0 Å². The normalized spacial score (nSPS) is 35.8. The first-order valence-electron chi connectivity index (χ1n) is 6.66. The van der Waals surface area contributed by atoms with Gasteiger partial charge in [0.1, 0.15) is 5.94 Å². The van der Waals surface area contributed by atoms with Crippen LogP contribution in [0.1, 0.15) is 58.3 Å². The molecule has 2 aliphatic carbocycles. The summed E-state index contributed by atoms with van der Waals surface area (Å²) in [5, 5.41) is 1.72. The molecule has 0 amide bonds. The summed E-state index contributed by atoms with van der Waals surface area (Å²) in [5.74, 6) is 3.04. The van der Waals surface area contributed by atoms with Crippen molar-refractivity contribution in [3.63, 3.8) is 0 Å². The Hall–Kier alpha value is -0.200. The summed E-state index contributed by atoms with van der Waals surface area (Å²) in [6.07, 6.45) is 10.1. The van der Waals surface area contributed by atoms with Crippen LogP contribution in [0.15, 0.2) is 5.57 Å². The van der Waals surface area contributed by atoms with E-state index in [1.165, 1.54) is 38.5 Å². The van der Waals surface area contributed by atoms with E-state index in [4.69, 9.17) is 0 Å². The van der Waals surface area contributed by atoms with Gasteiger partial charge in [-0.1, -0.05) is 6.92 Å². The number of hydrogen-bond acceptors (Lipinski definition) is 2. The lowest BCUT2D eigenvalue weighted by molar-refractivity contribution is 0.392. The zero-order valence-corrected chi connectivity index (χ0v) is 11.0. The fraction of sp³-hybridized carbons (Fsp3) is 0.857. The summed E-state index contributed by atoms with van der Waals surface area (Å²) >= 11 is 2.21. The van der Waals surface area contributed by atoms with Gasteiger partial charge in [-0.25, -0.2) is 4.79 Å². The van der Waals surface area contributed by atoms with Crippen molar-refractivity contribution < 1.29 is 4.79 Å². The van der Waals surface area contributed by atoms with Gasteiger partial charge in [0.15, 0.2) is 0 Å². The summed E-state index contributed by atoms with van der Waals surface area (Å²) in [6, 6.07) is 0. The van der Waals surface area contributed by atoms with Crippen LogP contribution in [0.2, 0.25) is 0 Å². The number of thioether (sulfide) groups is 1. The quantitative estimate of drug-likeness (QED) is 0.676. The Labute approximate surface area is 103 Å². The van der Waals surface area contributed by atoms with E-state index >= 15 is 0 Å². The fourth-order valence-electron chi connectivity index (χ4n) is 2.82. The van der Waals surface area contributed by atoms with Crippen molar-refractivity contribution >= 4 is 17.7 Å². The molecule has 0 spiro atoms. The van der Waals surface area contributed by atoms with Crippen molar-refractivity contribution in [2.45, 2.75) is 68.8 Å². The first-order chi connectivity index (χ1) is 7.78. The van der Waals surface area contributed by atoms with Gasteiger partial charge in [0.25, 0.3) is 0 Å². The van der Waals surface area contributed by atoms with Crippen molar-refractivity contribution in [1.29, 1.82) is 0 Å². The predicted molar refractivity (Wildman–Crippen MR) is 70.5 cm³/mol. The average molecular weight is 238 g/mol. The molecule has 16 heavy (non-hydrogen) atoms. The van der Waals surface area contributed by atoms with Gasteiger partial charge in [-0.15, -0.1) is 0 Å². The lowest BCUT2D eigenvalue weighted by Crippen LogP contribution is -2.19. The highest BCUT2D eigenvalue weighted by molar-refractivity contribution is 8.00. The van der Waals surface area contributed by atoms with Crippen molar-refractivity contribution in [3.8, 4) is 0 Å². The summed E-state index contributed by atoms with van der Waals surface area (Å²) in [4.78, 5) is 10.5. The van der Waals surface area contributed by atoms with Gasteiger partial charge < -0.3 is 0 Å². The van der Waals surface area contributed by atoms with Gasteiger partial charge in [-0.2, -0.15) is 11.8 Å². The molecule has 0 aromatic rings. The summed E-state index contributed by atoms with van der Waals surface area (Å²) in [6.45, 7) is 2.38. The summed E-state index contributed by atoms with van der Waals surface area (Å²) in [5.41, 5.74) is 1.02. The molecule has 0 aromatic carbocycles. The number of carbonyl (C=O) groups excluding carboxylic acids is 1. The van der Waals surface area contributed by atoms with E-state index in [0.29, 0.717) is 0 Å². The average Bonchev–Trinajstić information content (AvgIpc) is 2.33. The molecule has 0 saturated heterocycles. The monoisotopic (exact) mass is 238 g/mol. The molecule has 1 nitrogen and oxygen atoms in total. The standard InChI is InChI=1S/C14H22OS/c1-11-2-6-13(7-3-11)16-14-8-4-12(10-15)5-9-14/h11,13-14H,2-9H2,1H3. The second-order valence-electron chi connectivity index (χ2n) is 5.42. The van der Waals surface area contributed by atoms with Gasteiger partial charge in [-0.05, 0) is 57.3 Å². The first kappa shape index (κ1) is 12.3. The lowest BCUT2D eigenvalue weighted by atomic mass is 9.91. The van der Waals surface area contributed by atoms with Gasteiger partial charge in [0.05, 0.1) is 0 Å². The van der Waals surface area contributed by atoms with Crippen LogP contribution < -0.4 is 0 Å². The molecule has 0 radical (unpaired) electrons. The molecule has 2 heteroatoms. The molecule has 2 saturated carbocycles. The Morgan fingerprint density at radius 2 is 1.56 bits per heavy atom. The van der Waals surface area contributed by atoms with Crippen LogP contribution in [-0.2, 0) is 4.79 Å². The molecule has 0 N–H and O–H groups in total. The minimum absolute atomic E-state index is 0.815. The topological polar surface area (TPSA) is 17.1 Å². The minimum atomic E-state index is 0.815. The minimum Gasteiger partial charge on any atom is -0.234 e. The Kier molecular flexibility index (Phi) is 4.55. The van der Waals surface area contributed by atoms with Crippen LogP contribution in [0, 0.1) is 5.92 Å². The van der Waals surface area contributed by atoms with E-state index in [-0.39, 0.29) is 0 Å². The van der Waals surface area contributed by atoms with Gasteiger partial charge in [-0.3, -0.25) is 0 Å². The highest BCUT2D eigenvalue weighted by Gasteiger charge is 2.24. The molecule has 0 aromatic heterocycles. The third kappa shape index (κ3) is 3.40. The van der Waals surface area contributed by atoms with Crippen molar-refractivity contribution in [2.75, 3.05) is 0 Å². The van der Waals surface area contributed by atoms with Crippen molar-refractivity contribution in [3.05, 3.63) is 5.57 Å². The van der Waals surface area contributed by atoms with Crippen LogP contribution in [-0.4, -0.2) is 16.4 Å². The van der Waals surface area contributed by atoms with Gasteiger partial charge in [0.2, 0.25) is 0 Å². The van der Waals surface area contributed by atoms with Crippen LogP contribution in [0.5, 0.6) is 0 Å². The fourth-order valence-corrected chi connectivity index (χ4v) is 4.41. The van der Waals surface area contributed by atoms with E-state index < -0.39 is 0 Å². The lowest BCUT2D eigenvalue weighted by Gasteiger charge is -2.30. The maximum Gasteiger partial charge on any atom is 0.123 e. The summed E-state index contributed by atoms with van der Waals surface area (Å²) in [7, 11) is 0. The molecule has 2 fully saturated rings. The van der Waals surface area contributed by atoms with E-state index in [2.05, 4.69) is 24.6 Å². The zero-order chi connectivity index (χ0) is 11.4. The van der Waals surface area contributed by atoms with E-state index in [1.807, 2.05) is 0 Å². The highest BCUT2D eigenvalue weighted by atomic mass is 32.2. The maximum absolute atomic E-state index is 10.5. The predicted octanol–water partition coefficient (Wildman–Crippen LogP) is 4.00. The Morgan fingerprint density at radius 3 is 2.12 bits per heavy atom. The first-order valence-corrected chi connectivity index (χ1v) is 7.60. The van der Waals surface area contributed by atoms with Crippen molar-refractivity contribution in [1.82, 2.24) is 0 Å². The third-order valence-electron chi connectivity index (χ3n) is 4.03. The number of hydrogen-bond donors (Lipinski definition) is 0. The molecule has 2 aliphatic rings. The molecule has 0 unspecified atom stereocenters. The largest absolute Gasteiger partial charge is 0.234 e. The number of allylic oxidation sites excluding steroid dienone is 1. The molecule has 2 rings (SSSR count). The van der Waals surface area contributed by atoms with Crippen LogP contribution >= 0.6 is 11.8 Å². The second-order valence-corrected chi connectivity index (χ2v) is 7.03. The molecule has 90 valence electrons. The van der Waals surface area contributed by atoms with E-state index in [1.54, 1.807) is 0 Å². The third-order valence-corrected chi connectivity index (χ3v) is 5.74. The van der Waals surface area contributed by atoms with E-state index in [0.717, 1.165) is 34.8 Å². The highest BCUT2D eigenvalue weighted by Crippen LogP contribution is 2.38. The molecule has 0 aliphatic heterocycles. The van der Waals surface area contributed by atoms with Gasteiger partial charge >= 0.3 is 0 Å². The molecular formula is C14H22OS. The smallest absolute Gasteiger partial charge is 0.123 e. The maximum atomic E-state index is 10.5. The molecular weight excluding hydrogens is 216 g/mol. The Morgan fingerprint density at radius 1 is 1.00 bits per heavy atom. The van der Waals surface area contributed by atoms with Crippen LogP contribution in [0.25, 0.3) is 0 Å².